The number of aromatic nitrogens is 4. The van der Waals surface area contributed by atoms with E-state index in [1.165, 1.54) is 0 Å². The van der Waals surface area contributed by atoms with Gasteiger partial charge in [0.15, 0.2) is 0 Å². The predicted octanol–water partition coefficient (Wildman–Crippen LogP) is 1.48. The molecule has 2 aromatic heterocycles. The number of aryl methyl sites for hydroxylation is 2. The molecule has 1 aliphatic heterocycles. The zero-order valence-corrected chi connectivity index (χ0v) is 14.1. The van der Waals surface area contributed by atoms with Gasteiger partial charge in [-0.15, -0.1) is 0 Å². The average molecular weight is 331 g/mol. The minimum Gasteiger partial charge on any atom is -0.480 e. The Morgan fingerprint density at radius 2 is 2.17 bits per heavy atom. The van der Waals surface area contributed by atoms with Crippen molar-refractivity contribution in [3.63, 3.8) is 0 Å². The van der Waals surface area contributed by atoms with Gasteiger partial charge in [-0.05, 0) is 32.8 Å². The molecule has 0 amide bonds. The van der Waals surface area contributed by atoms with E-state index in [4.69, 9.17) is 4.74 Å². The number of carboxylic acid groups (broad SMARTS) is 1. The third kappa shape index (κ3) is 3.09. The number of carboxylic acids is 1. The number of carbonyl (C=O) groups is 1. The van der Waals surface area contributed by atoms with E-state index in [1.807, 2.05) is 24.8 Å². The van der Waals surface area contributed by atoms with Crippen LogP contribution in [0.1, 0.15) is 29.9 Å². The highest BCUT2D eigenvalue weighted by Gasteiger charge is 2.32. The summed E-state index contributed by atoms with van der Waals surface area (Å²) in [6, 6.07) is 3.19. The molecule has 1 atom stereocenters. The van der Waals surface area contributed by atoms with Crippen LogP contribution >= 0.6 is 0 Å². The predicted molar refractivity (Wildman–Crippen MR) is 87.3 cm³/mol. The standard InChI is InChI=1S/C16H21N5O3/c1-10-7-11(2)21(19-10)16-17-12(9-24-3)8-14(18-16)20-6-4-5-13(20)15(22)23/h7-8,13H,4-6,9H2,1-3H3,(H,22,23). The summed E-state index contributed by atoms with van der Waals surface area (Å²) >= 11 is 0. The van der Waals surface area contributed by atoms with Crippen molar-refractivity contribution in [1.82, 2.24) is 19.7 Å². The molecule has 1 unspecified atom stereocenters. The van der Waals surface area contributed by atoms with Gasteiger partial charge in [-0.1, -0.05) is 0 Å². The van der Waals surface area contributed by atoms with E-state index in [9.17, 15) is 9.90 Å². The van der Waals surface area contributed by atoms with E-state index in [1.54, 1.807) is 17.9 Å². The monoisotopic (exact) mass is 331 g/mol. The maximum Gasteiger partial charge on any atom is 0.326 e. The fourth-order valence-corrected chi connectivity index (χ4v) is 3.06. The molecular weight excluding hydrogens is 310 g/mol. The molecule has 0 radical (unpaired) electrons. The summed E-state index contributed by atoms with van der Waals surface area (Å²) < 4.78 is 6.86. The van der Waals surface area contributed by atoms with Gasteiger partial charge < -0.3 is 14.7 Å². The molecule has 8 nitrogen and oxygen atoms in total. The maximum atomic E-state index is 11.5. The van der Waals surface area contributed by atoms with Gasteiger partial charge in [0, 0.05) is 25.4 Å². The summed E-state index contributed by atoms with van der Waals surface area (Å²) in [4.78, 5) is 22.4. The second-order valence-corrected chi connectivity index (χ2v) is 5.98. The number of anilines is 1. The molecule has 0 aliphatic carbocycles. The van der Waals surface area contributed by atoms with E-state index >= 15 is 0 Å². The highest BCUT2D eigenvalue weighted by molar-refractivity contribution is 5.78. The zero-order chi connectivity index (χ0) is 17.3. The van der Waals surface area contributed by atoms with Crippen molar-refractivity contribution >= 4 is 11.8 Å². The Hall–Kier alpha value is -2.48. The van der Waals surface area contributed by atoms with Crippen LogP contribution in [0.2, 0.25) is 0 Å². The van der Waals surface area contributed by atoms with Crippen LogP contribution in [0.25, 0.3) is 5.95 Å². The molecule has 2 aromatic rings. The van der Waals surface area contributed by atoms with Crippen molar-refractivity contribution in [2.75, 3.05) is 18.6 Å². The molecule has 1 aliphatic rings. The van der Waals surface area contributed by atoms with Gasteiger partial charge in [0.2, 0.25) is 0 Å². The Morgan fingerprint density at radius 3 is 2.79 bits per heavy atom. The van der Waals surface area contributed by atoms with Gasteiger partial charge in [0.1, 0.15) is 11.9 Å². The fraction of sp³-hybridized carbons (Fsp3) is 0.500. The number of hydrogen-bond acceptors (Lipinski definition) is 6. The molecule has 128 valence electrons. The minimum absolute atomic E-state index is 0.327. The number of ether oxygens (including phenoxy) is 1. The molecule has 3 heterocycles. The van der Waals surface area contributed by atoms with Gasteiger partial charge in [0.25, 0.3) is 5.95 Å². The lowest BCUT2D eigenvalue weighted by molar-refractivity contribution is -0.138. The van der Waals surface area contributed by atoms with E-state index in [-0.39, 0.29) is 0 Å². The molecule has 0 bridgehead atoms. The average Bonchev–Trinajstić information content (AvgIpc) is 3.13. The molecule has 0 saturated carbocycles. The Balaban J connectivity index is 2.06. The topological polar surface area (TPSA) is 93.4 Å². The number of aliphatic carboxylic acids is 1. The Morgan fingerprint density at radius 1 is 1.38 bits per heavy atom. The van der Waals surface area contributed by atoms with Crippen molar-refractivity contribution < 1.29 is 14.6 Å². The third-order valence-electron chi connectivity index (χ3n) is 4.08. The first-order chi connectivity index (χ1) is 11.5. The zero-order valence-electron chi connectivity index (χ0n) is 14.1. The summed E-state index contributed by atoms with van der Waals surface area (Å²) in [5, 5.41) is 13.8. The first kappa shape index (κ1) is 16.4. The molecule has 3 rings (SSSR count). The van der Waals surface area contributed by atoms with Crippen molar-refractivity contribution in [3.05, 3.63) is 29.2 Å². The quantitative estimate of drug-likeness (QED) is 0.887. The van der Waals surface area contributed by atoms with E-state index in [0.29, 0.717) is 37.0 Å². The van der Waals surface area contributed by atoms with Crippen molar-refractivity contribution in [1.29, 1.82) is 0 Å². The largest absolute Gasteiger partial charge is 0.480 e. The summed E-state index contributed by atoms with van der Waals surface area (Å²) in [7, 11) is 1.60. The normalized spacial score (nSPS) is 17.5. The summed E-state index contributed by atoms with van der Waals surface area (Å²) in [5.41, 5.74) is 2.49. The first-order valence-corrected chi connectivity index (χ1v) is 7.89. The number of hydrogen-bond donors (Lipinski definition) is 1. The molecular formula is C16H21N5O3. The lowest BCUT2D eigenvalue weighted by atomic mass is 10.2. The van der Waals surface area contributed by atoms with Crippen LogP contribution in [-0.4, -0.2) is 50.5 Å². The third-order valence-corrected chi connectivity index (χ3v) is 4.08. The summed E-state index contributed by atoms with van der Waals surface area (Å²) in [5.74, 6) is 0.206. The second-order valence-electron chi connectivity index (χ2n) is 5.98. The molecule has 0 spiro atoms. The summed E-state index contributed by atoms with van der Waals surface area (Å²) in [6.07, 6.45) is 1.45. The lowest BCUT2D eigenvalue weighted by Crippen LogP contribution is -2.36. The van der Waals surface area contributed by atoms with Gasteiger partial charge in [-0.2, -0.15) is 10.1 Å². The fourth-order valence-electron chi connectivity index (χ4n) is 3.06. The second kappa shape index (κ2) is 6.56. The number of nitrogens with zero attached hydrogens (tertiary/aromatic N) is 5. The minimum atomic E-state index is -0.827. The number of methoxy groups -OCH3 is 1. The molecule has 1 N–H and O–H groups in total. The maximum absolute atomic E-state index is 11.5. The molecule has 1 saturated heterocycles. The molecule has 0 aromatic carbocycles. The number of rotatable bonds is 5. The van der Waals surface area contributed by atoms with Gasteiger partial charge in [0.05, 0.1) is 18.0 Å². The van der Waals surface area contributed by atoms with Gasteiger partial charge in [-0.25, -0.2) is 14.5 Å². The van der Waals surface area contributed by atoms with Crippen molar-refractivity contribution in [2.24, 2.45) is 0 Å². The smallest absolute Gasteiger partial charge is 0.326 e. The van der Waals surface area contributed by atoms with Crippen LogP contribution < -0.4 is 4.90 Å². The summed E-state index contributed by atoms with van der Waals surface area (Å²) in [6.45, 7) is 4.83. The van der Waals surface area contributed by atoms with E-state index in [0.717, 1.165) is 17.8 Å². The van der Waals surface area contributed by atoms with Gasteiger partial charge >= 0.3 is 5.97 Å². The van der Waals surface area contributed by atoms with Crippen LogP contribution in [0.4, 0.5) is 5.82 Å². The van der Waals surface area contributed by atoms with Crippen LogP contribution in [0, 0.1) is 13.8 Å². The Labute approximate surface area is 140 Å². The van der Waals surface area contributed by atoms with Gasteiger partial charge in [-0.3, -0.25) is 0 Å². The Kier molecular flexibility index (Phi) is 4.48. The van der Waals surface area contributed by atoms with Crippen molar-refractivity contribution in [3.8, 4) is 5.95 Å². The molecule has 24 heavy (non-hydrogen) atoms. The first-order valence-electron chi connectivity index (χ1n) is 7.89. The SMILES string of the molecule is COCc1cc(N2CCCC2C(=O)O)nc(-n2nc(C)cc2C)n1. The van der Waals surface area contributed by atoms with E-state index < -0.39 is 12.0 Å². The van der Waals surface area contributed by atoms with Crippen molar-refractivity contribution in [2.45, 2.75) is 39.3 Å². The lowest BCUT2D eigenvalue weighted by Gasteiger charge is -2.23. The van der Waals surface area contributed by atoms with Crippen LogP contribution in [0.3, 0.4) is 0 Å². The molecule has 1 fully saturated rings. The van der Waals surface area contributed by atoms with E-state index in [2.05, 4.69) is 15.1 Å². The van der Waals surface area contributed by atoms with Crippen LogP contribution in [0.5, 0.6) is 0 Å². The van der Waals surface area contributed by atoms with Crippen LogP contribution in [-0.2, 0) is 16.1 Å². The Bertz CT molecular complexity index is 758. The highest BCUT2D eigenvalue weighted by Crippen LogP contribution is 2.25. The van der Waals surface area contributed by atoms with Crippen LogP contribution in [0.15, 0.2) is 12.1 Å². The highest BCUT2D eigenvalue weighted by atomic mass is 16.5. The molecule has 8 heteroatoms.